The number of thiophene rings is 1. The van der Waals surface area contributed by atoms with Crippen molar-refractivity contribution in [3.8, 4) is 21.1 Å². The van der Waals surface area contributed by atoms with Gasteiger partial charge in [-0.15, -0.1) is 34.0 Å². The molecule has 0 bridgehead atoms. The van der Waals surface area contributed by atoms with Crippen LogP contribution in [0.4, 0.5) is 5.13 Å². The monoisotopic (exact) mass is 509 g/mol. The highest BCUT2D eigenvalue weighted by Crippen LogP contribution is 2.35. The van der Waals surface area contributed by atoms with E-state index >= 15 is 0 Å². The molecule has 3 aromatic carbocycles. The molecule has 3 heterocycles. The quantitative estimate of drug-likeness (QED) is 0.247. The number of nitrogens with zero attached hydrogens (tertiary/aromatic N) is 2. The summed E-state index contributed by atoms with van der Waals surface area (Å²) < 4.78 is 1.14. The number of benzene rings is 3. The van der Waals surface area contributed by atoms with Crippen LogP contribution in [-0.2, 0) is 6.42 Å². The van der Waals surface area contributed by atoms with Gasteiger partial charge in [0.2, 0.25) is 0 Å². The lowest BCUT2D eigenvalue weighted by Crippen LogP contribution is -2.09. The molecule has 0 spiro atoms. The Kier molecular flexibility index (Phi) is 5.96. The summed E-state index contributed by atoms with van der Waals surface area (Å²) >= 11 is 4.52. The molecule has 0 aliphatic heterocycles. The largest absolute Gasteiger partial charge is 0.297 e. The first-order valence-corrected chi connectivity index (χ1v) is 13.6. The molecule has 4 nitrogen and oxygen atoms in total. The minimum atomic E-state index is -0.151. The minimum absolute atomic E-state index is 0.151. The maximum atomic E-state index is 12.8. The van der Waals surface area contributed by atoms with Gasteiger partial charge in [0.1, 0.15) is 5.01 Å². The number of fused-ring (bicyclic) bond motifs is 1. The zero-order valence-electron chi connectivity index (χ0n) is 18.5. The third kappa shape index (κ3) is 4.79. The smallest absolute Gasteiger partial charge is 0.267 e. The van der Waals surface area contributed by atoms with Crippen LogP contribution in [0.25, 0.3) is 31.4 Å². The van der Waals surface area contributed by atoms with Gasteiger partial charge in [0.25, 0.3) is 5.91 Å². The number of hydrogen-bond donors (Lipinski definition) is 1. The molecule has 0 atom stereocenters. The van der Waals surface area contributed by atoms with E-state index in [1.165, 1.54) is 33.8 Å². The topological polar surface area (TPSA) is 54.9 Å². The molecular weight excluding hydrogens is 491 g/mol. The van der Waals surface area contributed by atoms with Gasteiger partial charge in [-0.2, -0.15) is 0 Å². The third-order valence-corrected chi connectivity index (χ3v) is 8.61. The predicted octanol–water partition coefficient (Wildman–Crippen LogP) is 7.99. The molecule has 7 heteroatoms. The van der Waals surface area contributed by atoms with Crippen LogP contribution in [0.2, 0.25) is 0 Å². The summed E-state index contributed by atoms with van der Waals surface area (Å²) in [4.78, 5) is 23.8. The van der Waals surface area contributed by atoms with Crippen molar-refractivity contribution in [1.29, 1.82) is 0 Å². The maximum absolute atomic E-state index is 12.8. The van der Waals surface area contributed by atoms with Crippen LogP contribution < -0.4 is 5.32 Å². The Morgan fingerprint density at radius 1 is 0.771 bits per heavy atom. The number of nitrogens with one attached hydrogen (secondary N) is 1. The molecule has 35 heavy (non-hydrogen) atoms. The van der Waals surface area contributed by atoms with Crippen molar-refractivity contribution in [2.75, 3.05) is 5.32 Å². The summed E-state index contributed by atoms with van der Waals surface area (Å²) in [5.74, 6) is -0.151. The summed E-state index contributed by atoms with van der Waals surface area (Å²) in [7, 11) is 0. The van der Waals surface area contributed by atoms with Crippen molar-refractivity contribution < 1.29 is 4.79 Å². The molecule has 1 amide bonds. The molecule has 0 aliphatic rings. The number of para-hydroxylation sites is 1. The standard InChI is InChI=1S/C28H19N3OS3/c32-26(24-14-15-25(34-24)27-29-21-8-4-5-9-23(21)35-27)31-28-30-22(17-33-28)20-12-10-19(11-13-20)16-18-6-2-1-3-7-18/h1-15,17H,16H2,(H,30,31,32). The number of carbonyl (C=O) groups excluding carboxylic acids is 1. The van der Waals surface area contributed by atoms with Gasteiger partial charge in [0.05, 0.1) is 25.7 Å². The van der Waals surface area contributed by atoms with Crippen LogP contribution >= 0.6 is 34.0 Å². The molecule has 3 aromatic heterocycles. The first-order valence-electron chi connectivity index (χ1n) is 11.1. The summed E-state index contributed by atoms with van der Waals surface area (Å²) in [6.45, 7) is 0. The number of thiazole rings is 2. The highest BCUT2D eigenvalue weighted by molar-refractivity contribution is 7.26. The Bertz CT molecular complexity index is 1580. The van der Waals surface area contributed by atoms with Crippen LogP contribution in [0.3, 0.4) is 0 Å². The van der Waals surface area contributed by atoms with Gasteiger partial charge < -0.3 is 0 Å². The second-order valence-corrected chi connectivity index (χ2v) is 11.0. The zero-order chi connectivity index (χ0) is 23.6. The van der Waals surface area contributed by atoms with E-state index in [0.29, 0.717) is 10.0 Å². The Hall–Kier alpha value is -3.65. The minimum Gasteiger partial charge on any atom is -0.297 e. The van der Waals surface area contributed by atoms with Crippen LogP contribution in [0.15, 0.2) is 96.4 Å². The molecule has 0 saturated carbocycles. The number of aromatic nitrogens is 2. The average Bonchev–Trinajstić information content (AvgIpc) is 3.64. The Balaban J connectivity index is 1.13. The number of hydrogen-bond acceptors (Lipinski definition) is 6. The van der Waals surface area contributed by atoms with E-state index in [4.69, 9.17) is 4.98 Å². The van der Waals surface area contributed by atoms with Crippen molar-refractivity contribution in [3.05, 3.63) is 112 Å². The van der Waals surface area contributed by atoms with Gasteiger partial charge in [0, 0.05) is 10.9 Å². The number of rotatable bonds is 6. The average molecular weight is 510 g/mol. The summed E-state index contributed by atoms with van der Waals surface area (Å²) in [6, 6.07) is 30.8. The Morgan fingerprint density at radius 2 is 1.54 bits per heavy atom. The first-order chi connectivity index (χ1) is 17.2. The van der Waals surface area contributed by atoms with Crippen LogP contribution in [0.5, 0.6) is 0 Å². The molecule has 6 aromatic rings. The van der Waals surface area contributed by atoms with Crippen molar-refractivity contribution in [2.24, 2.45) is 0 Å². The first kappa shape index (κ1) is 21.9. The molecule has 0 saturated heterocycles. The molecule has 0 radical (unpaired) electrons. The lowest BCUT2D eigenvalue weighted by atomic mass is 10.0. The molecule has 170 valence electrons. The van der Waals surface area contributed by atoms with Crippen molar-refractivity contribution in [1.82, 2.24) is 9.97 Å². The Morgan fingerprint density at radius 3 is 2.37 bits per heavy atom. The number of carbonyl (C=O) groups is 1. The van der Waals surface area contributed by atoms with Gasteiger partial charge >= 0.3 is 0 Å². The van der Waals surface area contributed by atoms with Crippen molar-refractivity contribution >= 4 is 55.3 Å². The molecule has 0 fully saturated rings. The van der Waals surface area contributed by atoms with Gasteiger partial charge in [-0.25, -0.2) is 9.97 Å². The van der Waals surface area contributed by atoms with E-state index < -0.39 is 0 Å². The van der Waals surface area contributed by atoms with E-state index in [-0.39, 0.29) is 5.91 Å². The fraction of sp³-hybridized carbons (Fsp3) is 0.0357. The SMILES string of the molecule is O=C(Nc1nc(-c2ccc(Cc3ccccc3)cc2)cs1)c1ccc(-c2nc3ccccc3s2)s1. The highest BCUT2D eigenvalue weighted by Gasteiger charge is 2.15. The third-order valence-electron chi connectivity index (χ3n) is 5.56. The van der Waals surface area contributed by atoms with E-state index in [1.807, 2.05) is 41.8 Å². The predicted molar refractivity (Wildman–Crippen MR) is 148 cm³/mol. The molecule has 6 rings (SSSR count). The highest BCUT2D eigenvalue weighted by atomic mass is 32.1. The zero-order valence-corrected chi connectivity index (χ0v) is 20.9. The lowest BCUT2D eigenvalue weighted by Gasteiger charge is -2.03. The van der Waals surface area contributed by atoms with E-state index in [0.717, 1.165) is 37.8 Å². The fourth-order valence-corrected chi connectivity index (χ4v) is 6.44. The number of amides is 1. The van der Waals surface area contributed by atoms with E-state index in [9.17, 15) is 4.79 Å². The van der Waals surface area contributed by atoms with Crippen molar-refractivity contribution in [3.63, 3.8) is 0 Å². The van der Waals surface area contributed by atoms with E-state index in [2.05, 4.69) is 64.9 Å². The normalized spacial score (nSPS) is 11.1. The second-order valence-electron chi connectivity index (χ2n) is 8.00. The van der Waals surface area contributed by atoms with Gasteiger partial charge in [-0.05, 0) is 41.8 Å². The summed E-state index contributed by atoms with van der Waals surface area (Å²) in [5, 5.41) is 6.44. The van der Waals surface area contributed by atoms with Gasteiger partial charge in [-0.3, -0.25) is 10.1 Å². The fourth-order valence-electron chi connectivity index (χ4n) is 3.80. The summed E-state index contributed by atoms with van der Waals surface area (Å²) in [5.41, 5.74) is 5.42. The molecular formula is C28H19N3OS3. The lowest BCUT2D eigenvalue weighted by molar-refractivity contribution is 0.103. The second kappa shape index (κ2) is 9.54. The Labute approximate surface area is 214 Å². The molecule has 0 unspecified atom stereocenters. The van der Waals surface area contributed by atoms with Gasteiger partial charge in [-0.1, -0.05) is 66.7 Å². The number of anilines is 1. The maximum Gasteiger partial charge on any atom is 0.267 e. The van der Waals surface area contributed by atoms with Crippen LogP contribution in [0, 0.1) is 0 Å². The van der Waals surface area contributed by atoms with Gasteiger partial charge in [0.15, 0.2) is 5.13 Å². The van der Waals surface area contributed by atoms with Crippen LogP contribution in [0.1, 0.15) is 20.8 Å². The van der Waals surface area contributed by atoms with E-state index in [1.54, 1.807) is 11.3 Å². The molecule has 0 aliphatic carbocycles. The summed E-state index contributed by atoms with van der Waals surface area (Å²) in [6.07, 6.45) is 0.902. The van der Waals surface area contributed by atoms with Crippen LogP contribution in [-0.4, -0.2) is 15.9 Å². The molecule has 1 N–H and O–H groups in total. The van der Waals surface area contributed by atoms with Crippen molar-refractivity contribution in [2.45, 2.75) is 6.42 Å².